The summed E-state index contributed by atoms with van der Waals surface area (Å²) in [5, 5.41) is 2.98. The van der Waals surface area contributed by atoms with Gasteiger partial charge >= 0.3 is 0 Å². The van der Waals surface area contributed by atoms with Crippen LogP contribution >= 0.6 is 15.9 Å². The van der Waals surface area contributed by atoms with Crippen LogP contribution in [0.5, 0.6) is 0 Å². The third-order valence-electron chi connectivity index (χ3n) is 2.73. The fourth-order valence-electron chi connectivity index (χ4n) is 1.80. The van der Waals surface area contributed by atoms with Gasteiger partial charge in [-0.3, -0.25) is 0 Å². The molecule has 1 heterocycles. The fraction of sp³-hybridized carbons (Fsp3) is 0.0714. The van der Waals surface area contributed by atoms with Gasteiger partial charge in [0.25, 0.3) is 6.01 Å². The molecule has 2 aromatic carbocycles. The van der Waals surface area contributed by atoms with Crippen LogP contribution in [0, 0.1) is 5.82 Å². The number of anilines is 1. The summed E-state index contributed by atoms with van der Waals surface area (Å²) in [5.74, 6) is -0.258. The second-order valence-electron chi connectivity index (χ2n) is 4.08. The maximum atomic E-state index is 13.6. The molecule has 1 aromatic heterocycles. The lowest BCUT2D eigenvalue weighted by molar-refractivity contribution is 0.599. The molecule has 0 aliphatic heterocycles. The average molecular weight is 321 g/mol. The summed E-state index contributed by atoms with van der Waals surface area (Å²) >= 11 is 3.32. The molecule has 3 nitrogen and oxygen atoms in total. The summed E-state index contributed by atoms with van der Waals surface area (Å²) in [4.78, 5) is 4.27. The maximum absolute atomic E-state index is 13.6. The standard InChI is InChI=1S/C14H10BrFN2O/c15-10-5-6-11(16)9(7-10)8-17-14-18-12-3-1-2-4-13(12)19-14/h1-7H,8H2,(H,17,18). The molecule has 0 radical (unpaired) electrons. The molecule has 1 N–H and O–H groups in total. The molecule has 0 aliphatic rings. The van der Waals surface area contributed by atoms with Crippen LogP contribution in [-0.4, -0.2) is 4.98 Å². The molecular formula is C14H10BrFN2O. The number of halogens is 2. The van der Waals surface area contributed by atoms with Crippen LogP contribution < -0.4 is 5.32 Å². The number of benzene rings is 2. The first-order valence-electron chi connectivity index (χ1n) is 5.76. The van der Waals surface area contributed by atoms with E-state index in [0.717, 1.165) is 9.99 Å². The Balaban J connectivity index is 1.80. The van der Waals surface area contributed by atoms with Gasteiger partial charge in [0.05, 0.1) is 0 Å². The Morgan fingerprint density at radius 1 is 1.21 bits per heavy atom. The number of rotatable bonds is 3. The average Bonchev–Trinajstić information content (AvgIpc) is 2.82. The SMILES string of the molecule is Fc1ccc(Br)cc1CNc1nc2ccccc2o1. The number of para-hydroxylation sites is 2. The van der Waals surface area contributed by atoms with E-state index in [-0.39, 0.29) is 5.82 Å². The molecule has 5 heteroatoms. The molecule has 0 spiro atoms. The van der Waals surface area contributed by atoms with Gasteiger partial charge in [-0.25, -0.2) is 4.39 Å². The van der Waals surface area contributed by atoms with E-state index in [9.17, 15) is 4.39 Å². The van der Waals surface area contributed by atoms with E-state index < -0.39 is 0 Å². The molecule has 3 aromatic rings. The highest BCUT2D eigenvalue weighted by atomic mass is 79.9. The Labute approximate surface area is 117 Å². The number of hydrogen-bond acceptors (Lipinski definition) is 3. The monoisotopic (exact) mass is 320 g/mol. The molecular weight excluding hydrogens is 311 g/mol. The predicted octanol–water partition coefficient (Wildman–Crippen LogP) is 4.34. The van der Waals surface area contributed by atoms with Gasteiger partial charge in [0.15, 0.2) is 5.58 Å². The Bertz CT molecular complexity index is 693. The molecule has 0 saturated carbocycles. The van der Waals surface area contributed by atoms with Crippen LogP contribution in [-0.2, 0) is 6.54 Å². The van der Waals surface area contributed by atoms with Gasteiger partial charge in [-0.2, -0.15) is 4.98 Å². The lowest BCUT2D eigenvalue weighted by atomic mass is 10.2. The van der Waals surface area contributed by atoms with Crippen molar-refractivity contribution >= 4 is 33.0 Å². The second-order valence-corrected chi connectivity index (χ2v) is 4.99. The minimum absolute atomic E-state index is 0.258. The normalized spacial score (nSPS) is 10.8. The Kier molecular flexibility index (Phi) is 3.21. The van der Waals surface area contributed by atoms with E-state index in [1.165, 1.54) is 6.07 Å². The summed E-state index contributed by atoms with van der Waals surface area (Å²) in [6.07, 6.45) is 0. The number of nitrogens with zero attached hydrogens (tertiary/aromatic N) is 1. The summed E-state index contributed by atoms with van der Waals surface area (Å²) in [6, 6.07) is 12.7. The second kappa shape index (κ2) is 5.01. The highest BCUT2D eigenvalue weighted by Gasteiger charge is 2.07. The third-order valence-corrected chi connectivity index (χ3v) is 3.22. The third kappa shape index (κ3) is 2.61. The summed E-state index contributed by atoms with van der Waals surface area (Å²) in [6.45, 7) is 0.318. The van der Waals surface area contributed by atoms with Crippen molar-refractivity contribution in [1.82, 2.24) is 4.98 Å². The van der Waals surface area contributed by atoms with Crippen molar-refractivity contribution in [3.63, 3.8) is 0 Å². The summed E-state index contributed by atoms with van der Waals surface area (Å²) in [5.41, 5.74) is 2.04. The van der Waals surface area contributed by atoms with Gasteiger partial charge in [-0.1, -0.05) is 28.1 Å². The number of nitrogens with one attached hydrogen (secondary N) is 1. The Morgan fingerprint density at radius 2 is 2.05 bits per heavy atom. The first kappa shape index (κ1) is 12.2. The van der Waals surface area contributed by atoms with Crippen LogP contribution in [0.1, 0.15) is 5.56 Å². The molecule has 0 saturated heterocycles. The molecule has 0 aliphatic carbocycles. The lowest BCUT2D eigenvalue weighted by Gasteiger charge is -2.04. The first-order chi connectivity index (χ1) is 9.22. The Morgan fingerprint density at radius 3 is 2.89 bits per heavy atom. The first-order valence-corrected chi connectivity index (χ1v) is 6.55. The van der Waals surface area contributed by atoms with Crippen molar-refractivity contribution in [2.24, 2.45) is 0 Å². The topological polar surface area (TPSA) is 38.1 Å². The molecule has 3 rings (SSSR count). The van der Waals surface area contributed by atoms with E-state index in [1.54, 1.807) is 12.1 Å². The van der Waals surface area contributed by atoms with E-state index >= 15 is 0 Å². The predicted molar refractivity (Wildman–Crippen MR) is 75.4 cm³/mol. The number of fused-ring (bicyclic) bond motifs is 1. The van der Waals surface area contributed by atoms with Crippen LogP contribution in [0.15, 0.2) is 51.4 Å². The summed E-state index contributed by atoms with van der Waals surface area (Å²) in [7, 11) is 0. The highest BCUT2D eigenvalue weighted by Crippen LogP contribution is 2.20. The van der Waals surface area contributed by atoms with Crippen LogP contribution in [0.4, 0.5) is 10.4 Å². The van der Waals surface area contributed by atoms with Gasteiger partial charge < -0.3 is 9.73 Å². The van der Waals surface area contributed by atoms with Crippen molar-refractivity contribution in [2.75, 3.05) is 5.32 Å². The lowest BCUT2D eigenvalue weighted by Crippen LogP contribution is -2.01. The van der Waals surface area contributed by atoms with Crippen molar-refractivity contribution in [3.05, 3.63) is 58.3 Å². The van der Waals surface area contributed by atoms with Gasteiger partial charge in [-0.15, -0.1) is 0 Å². The van der Waals surface area contributed by atoms with Crippen molar-refractivity contribution in [2.45, 2.75) is 6.54 Å². The minimum atomic E-state index is -0.258. The van der Waals surface area contributed by atoms with Crippen LogP contribution in [0.25, 0.3) is 11.1 Å². The Hall–Kier alpha value is -1.88. The smallest absolute Gasteiger partial charge is 0.295 e. The van der Waals surface area contributed by atoms with Crippen molar-refractivity contribution < 1.29 is 8.81 Å². The molecule has 0 unspecified atom stereocenters. The largest absolute Gasteiger partial charge is 0.424 e. The van der Waals surface area contributed by atoms with Crippen LogP contribution in [0.3, 0.4) is 0 Å². The minimum Gasteiger partial charge on any atom is -0.424 e. The van der Waals surface area contributed by atoms with Gasteiger partial charge in [0.2, 0.25) is 0 Å². The fourth-order valence-corrected chi connectivity index (χ4v) is 2.21. The van der Waals surface area contributed by atoms with Crippen LogP contribution in [0.2, 0.25) is 0 Å². The van der Waals surface area contributed by atoms with Gasteiger partial charge in [0.1, 0.15) is 11.3 Å². The molecule has 19 heavy (non-hydrogen) atoms. The zero-order valence-electron chi connectivity index (χ0n) is 9.86. The number of aromatic nitrogens is 1. The molecule has 0 atom stereocenters. The van der Waals surface area contributed by atoms with E-state index in [2.05, 4.69) is 26.2 Å². The number of oxazole rings is 1. The zero-order chi connectivity index (χ0) is 13.2. The van der Waals surface area contributed by atoms with E-state index in [0.29, 0.717) is 23.7 Å². The van der Waals surface area contributed by atoms with E-state index in [4.69, 9.17) is 4.42 Å². The van der Waals surface area contributed by atoms with Crippen molar-refractivity contribution in [3.8, 4) is 0 Å². The molecule has 0 fully saturated rings. The van der Waals surface area contributed by atoms with Crippen molar-refractivity contribution in [1.29, 1.82) is 0 Å². The molecule has 0 bridgehead atoms. The zero-order valence-corrected chi connectivity index (χ0v) is 11.4. The van der Waals surface area contributed by atoms with Gasteiger partial charge in [0, 0.05) is 16.6 Å². The molecule has 96 valence electrons. The van der Waals surface area contributed by atoms with E-state index in [1.807, 2.05) is 24.3 Å². The maximum Gasteiger partial charge on any atom is 0.295 e. The number of hydrogen-bond donors (Lipinski definition) is 1. The molecule has 0 amide bonds. The highest BCUT2D eigenvalue weighted by molar-refractivity contribution is 9.10. The van der Waals surface area contributed by atoms with Gasteiger partial charge in [-0.05, 0) is 30.3 Å². The quantitative estimate of drug-likeness (QED) is 0.780. The summed E-state index contributed by atoms with van der Waals surface area (Å²) < 4.78 is 19.9.